The minimum atomic E-state index is 0.591. The Bertz CT molecular complexity index is 732. The summed E-state index contributed by atoms with van der Waals surface area (Å²) in [7, 11) is 0. The molecule has 0 atom stereocenters. The SMILES string of the molecule is CCc1ccc(-c2nc3cc(Br)cc(N)c3o2)cc1. The van der Waals surface area contributed by atoms with E-state index in [2.05, 4.69) is 40.0 Å². The van der Waals surface area contributed by atoms with Crippen molar-refractivity contribution >= 4 is 32.7 Å². The molecule has 0 unspecified atom stereocenters. The summed E-state index contributed by atoms with van der Waals surface area (Å²) in [6.07, 6.45) is 1.02. The van der Waals surface area contributed by atoms with E-state index in [4.69, 9.17) is 10.2 Å². The number of nitrogen functional groups attached to an aromatic ring is 1. The number of benzene rings is 2. The zero-order chi connectivity index (χ0) is 13.4. The van der Waals surface area contributed by atoms with Crippen molar-refractivity contribution in [3.63, 3.8) is 0 Å². The van der Waals surface area contributed by atoms with Crippen molar-refractivity contribution in [2.75, 3.05) is 5.73 Å². The Balaban J connectivity index is 2.12. The lowest BCUT2D eigenvalue weighted by atomic mass is 10.1. The second-order valence-electron chi connectivity index (χ2n) is 4.41. The van der Waals surface area contributed by atoms with Crippen molar-refractivity contribution in [2.24, 2.45) is 0 Å². The average Bonchev–Trinajstić information content (AvgIpc) is 2.83. The number of aromatic nitrogens is 1. The molecule has 3 nitrogen and oxygen atoms in total. The molecule has 0 radical (unpaired) electrons. The number of nitrogens with zero attached hydrogens (tertiary/aromatic N) is 1. The van der Waals surface area contributed by atoms with E-state index in [-0.39, 0.29) is 0 Å². The molecule has 0 saturated heterocycles. The summed E-state index contributed by atoms with van der Waals surface area (Å²) in [4.78, 5) is 4.48. The zero-order valence-electron chi connectivity index (χ0n) is 10.5. The zero-order valence-corrected chi connectivity index (χ0v) is 12.1. The smallest absolute Gasteiger partial charge is 0.227 e. The Morgan fingerprint density at radius 3 is 2.63 bits per heavy atom. The molecule has 0 fully saturated rings. The Hall–Kier alpha value is -1.81. The number of hydrogen-bond donors (Lipinski definition) is 1. The maximum atomic E-state index is 5.93. The van der Waals surface area contributed by atoms with Gasteiger partial charge in [-0.25, -0.2) is 4.98 Å². The van der Waals surface area contributed by atoms with Gasteiger partial charge < -0.3 is 10.2 Å². The van der Waals surface area contributed by atoms with E-state index in [1.54, 1.807) is 0 Å². The first-order valence-electron chi connectivity index (χ1n) is 6.12. The maximum Gasteiger partial charge on any atom is 0.227 e. The summed E-state index contributed by atoms with van der Waals surface area (Å²) in [6.45, 7) is 2.13. The van der Waals surface area contributed by atoms with Gasteiger partial charge in [0, 0.05) is 10.0 Å². The van der Waals surface area contributed by atoms with E-state index in [0.717, 1.165) is 22.0 Å². The predicted molar refractivity (Wildman–Crippen MR) is 80.9 cm³/mol. The van der Waals surface area contributed by atoms with Crippen LogP contribution in [-0.4, -0.2) is 4.98 Å². The monoisotopic (exact) mass is 316 g/mol. The second kappa shape index (κ2) is 4.70. The van der Waals surface area contributed by atoms with Gasteiger partial charge in [-0.2, -0.15) is 0 Å². The molecule has 2 aromatic carbocycles. The van der Waals surface area contributed by atoms with Gasteiger partial charge in [0.05, 0.1) is 5.69 Å². The molecule has 0 spiro atoms. The highest BCUT2D eigenvalue weighted by atomic mass is 79.9. The number of nitrogens with two attached hydrogens (primary N) is 1. The van der Waals surface area contributed by atoms with Gasteiger partial charge in [0.25, 0.3) is 0 Å². The third kappa shape index (κ3) is 2.24. The Morgan fingerprint density at radius 2 is 1.95 bits per heavy atom. The Morgan fingerprint density at radius 1 is 1.21 bits per heavy atom. The number of halogens is 1. The average molecular weight is 317 g/mol. The molecule has 19 heavy (non-hydrogen) atoms. The quantitative estimate of drug-likeness (QED) is 0.713. The number of rotatable bonds is 2. The fourth-order valence-electron chi connectivity index (χ4n) is 2.03. The largest absolute Gasteiger partial charge is 0.434 e. The van der Waals surface area contributed by atoms with Gasteiger partial charge in [-0.1, -0.05) is 35.0 Å². The van der Waals surface area contributed by atoms with Gasteiger partial charge in [-0.3, -0.25) is 0 Å². The molecule has 0 bridgehead atoms. The van der Waals surface area contributed by atoms with Crippen LogP contribution in [0.5, 0.6) is 0 Å². The summed E-state index contributed by atoms with van der Waals surface area (Å²) >= 11 is 3.41. The van der Waals surface area contributed by atoms with Crippen LogP contribution in [-0.2, 0) is 6.42 Å². The van der Waals surface area contributed by atoms with Crippen molar-refractivity contribution in [1.82, 2.24) is 4.98 Å². The van der Waals surface area contributed by atoms with Crippen molar-refractivity contribution in [1.29, 1.82) is 0 Å². The van der Waals surface area contributed by atoms with E-state index < -0.39 is 0 Å². The van der Waals surface area contributed by atoms with Crippen molar-refractivity contribution in [3.05, 3.63) is 46.4 Å². The number of aryl methyl sites for hydroxylation is 1. The van der Waals surface area contributed by atoms with Crippen LogP contribution in [0.1, 0.15) is 12.5 Å². The van der Waals surface area contributed by atoms with Crippen LogP contribution in [0.3, 0.4) is 0 Å². The van der Waals surface area contributed by atoms with Crippen molar-refractivity contribution in [3.8, 4) is 11.5 Å². The fourth-order valence-corrected chi connectivity index (χ4v) is 2.49. The predicted octanol–water partition coefficient (Wildman–Crippen LogP) is 4.40. The lowest BCUT2D eigenvalue weighted by molar-refractivity contribution is 0.621. The highest BCUT2D eigenvalue weighted by molar-refractivity contribution is 9.10. The molecule has 3 aromatic rings. The topological polar surface area (TPSA) is 52.0 Å². The Kier molecular flexibility index (Phi) is 3.03. The van der Waals surface area contributed by atoms with Gasteiger partial charge in [0.1, 0.15) is 5.52 Å². The van der Waals surface area contributed by atoms with Crippen LogP contribution >= 0.6 is 15.9 Å². The minimum Gasteiger partial charge on any atom is -0.434 e. The first-order valence-corrected chi connectivity index (χ1v) is 6.91. The number of anilines is 1. The lowest BCUT2D eigenvalue weighted by Crippen LogP contribution is -1.84. The summed E-state index contributed by atoms with van der Waals surface area (Å²) in [5.74, 6) is 0.599. The molecule has 0 saturated carbocycles. The normalized spacial score (nSPS) is 11.1. The van der Waals surface area contributed by atoms with E-state index in [9.17, 15) is 0 Å². The van der Waals surface area contributed by atoms with Crippen LogP contribution < -0.4 is 5.73 Å². The molecule has 1 heterocycles. The summed E-state index contributed by atoms with van der Waals surface area (Å²) < 4.78 is 6.66. The van der Waals surface area contributed by atoms with E-state index in [1.807, 2.05) is 24.3 Å². The molecule has 4 heteroatoms. The summed E-state index contributed by atoms with van der Waals surface area (Å²) in [5, 5.41) is 0. The van der Waals surface area contributed by atoms with E-state index in [1.165, 1.54) is 5.56 Å². The molecule has 96 valence electrons. The van der Waals surface area contributed by atoms with Crippen LogP contribution in [0.4, 0.5) is 5.69 Å². The van der Waals surface area contributed by atoms with Crippen molar-refractivity contribution < 1.29 is 4.42 Å². The molecule has 0 aliphatic rings. The maximum absolute atomic E-state index is 5.93. The second-order valence-corrected chi connectivity index (χ2v) is 5.33. The van der Waals surface area contributed by atoms with Gasteiger partial charge >= 0.3 is 0 Å². The lowest BCUT2D eigenvalue weighted by Gasteiger charge is -1.98. The third-order valence-electron chi connectivity index (χ3n) is 3.09. The van der Waals surface area contributed by atoms with Crippen molar-refractivity contribution in [2.45, 2.75) is 13.3 Å². The summed E-state index contributed by atoms with van der Waals surface area (Å²) in [6, 6.07) is 11.9. The van der Waals surface area contributed by atoms with Gasteiger partial charge in [-0.05, 0) is 36.2 Å². The first-order chi connectivity index (χ1) is 9.17. The summed E-state index contributed by atoms with van der Waals surface area (Å²) in [5.41, 5.74) is 10.2. The van der Waals surface area contributed by atoms with E-state index >= 15 is 0 Å². The molecule has 2 N–H and O–H groups in total. The number of hydrogen-bond acceptors (Lipinski definition) is 3. The Labute approximate surface area is 119 Å². The standard InChI is InChI=1S/C15H13BrN2O/c1-2-9-3-5-10(6-4-9)15-18-13-8-11(16)7-12(17)14(13)19-15/h3-8H,2,17H2,1H3. The van der Waals surface area contributed by atoms with Crippen LogP contribution in [0.25, 0.3) is 22.6 Å². The molecular formula is C15H13BrN2O. The molecule has 0 aliphatic heterocycles. The van der Waals surface area contributed by atoms with Gasteiger partial charge in [-0.15, -0.1) is 0 Å². The van der Waals surface area contributed by atoms with Crippen LogP contribution in [0.15, 0.2) is 45.3 Å². The number of oxazole rings is 1. The third-order valence-corrected chi connectivity index (χ3v) is 3.55. The molecule has 0 aliphatic carbocycles. The molecule has 1 aromatic heterocycles. The molecular weight excluding hydrogens is 304 g/mol. The minimum absolute atomic E-state index is 0.591. The highest BCUT2D eigenvalue weighted by Gasteiger charge is 2.11. The fraction of sp³-hybridized carbons (Fsp3) is 0.133. The first kappa shape index (κ1) is 12.2. The van der Waals surface area contributed by atoms with E-state index in [0.29, 0.717) is 17.2 Å². The van der Waals surface area contributed by atoms with Crippen LogP contribution in [0.2, 0.25) is 0 Å². The van der Waals surface area contributed by atoms with Gasteiger partial charge in [0.15, 0.2) is 5.58 Å². The number of fused-ring (bicyclic) bond motifs is 1. The molecule has 0 amide bonds. The molecule has 3 rings (SSSR count). The van der Waals surface area contributed by atoms with Crippen LogP contribution in [0, 0.1) is 0 Å². The van der Waals surface area contributed by atoms with Gasteiger partial charge in [0.2, 0.25) is 5.89 Å². The highest BCUT2D eigenvalue weighted by Crippen LogP contribution is 2.30.